The van der Waals surface area contributed by atoms with Crippen LogP contribution in [0.2, 0.25) is 0 Å². The maximum atomic E-state index is 10.7. The molecule has 2 atom stereocenters. The van der Waals surface area contributed by atoms with Gasteiger partial charge in [-0.15, -0.1) is 0 Å². The Balaban J connectivity index is 2.43. The lowest BCUT2D eigenvalue weighted by Gasteiger charge is -2.14. The minimum absolute atomic E-state index is 0.137. The predicted molar refractivity (Wildman–Crippen MR) is 37.2 cm³/mol. The summed E-state index contributed by atoms with van der Waals surface area (Å²) < 4.78 is 14.8. The summed E-state index contributed by atoms with van der Waals surface area (Å²) in [6, 6.07) is 0. The Bertz CT molecular complexity index is 145. The second-order valence-corrected chi connectivity index (χ2v) is 2.46. The summed E-state index contributed by atoms with van der Waals surface area (Å²) in [6.45, 7) is 0.407. The Kier molecular flexibility index (Phi) is 2.84. The summed E-state index contributed by atoms with van der Waals surface area (Å²) in [5, 5.41) is 0. The number of methoxy groups -OCH3 is 2. The van der Waals surface area contributed by atoms with Crippen molar-refractivity contribution in [2.75, 3.05) is 20.8 Å². The van der Waals surface area contributed by atoms with Crippen molar-refractivity contribution in [3.05, 3.63) is 0 Å². The van der Waals surface area contributed by atoms with E-state index in [9.17, 15) is 4.79 Å². The molecule has 0 aliphatic carbocycles. The normalized spacial score (nSPS) is 30.5. The van der Waals surface area contributed by atoms with Gasteiger partial charge in [-0.3, -0.25) is 4.79 Å². The Labute approximate surface area is 65.4 Å². The van der Waals surface area contributed by atoms with Crippen LogP contribution in [-0.2, 0) is 19.0 Å². The fourth-order valence-corrected chi connectivity index (χ4v) is 1.13. The minimum atomic E-state index is -0.225. The molecule has 1 aliphatic rings. The number of carbonyl (C=O) groups is 1. The molecule has 0 spiro atoms. The maximum Gasteiger partial charge on any atom is 0.309 e. The molecule has 1 rings (SSSR count). The second-order valence-electron chi connectivity index (χ2n) is 2.46. The predicted octanol–water partition coefficient (Wildman–Crippen LogP) is -0.0367. The summed E-state index contributed by atoms with van der Waals surface area (Å²) in [5.41, 5.74) is 0. The average Bonchev–Trinajstić information content (AvgIpc) is 2.32. The summed E-state index contributed by atoms with van der Waals surface area (Å²) in [6.07, 6.45) is -0.0233. The lowest BCUT2D eigenvalue weighted by Crippen LogP contribution is -2.27. The van der Waals surface area contributed by atoms with Crippen LogP contribution in [0.1, 0.15) is 6.42 Å². The van der Waals surface area contributed by atoms with E-state index >= 15 is 0 Å². The zero-order chi connectivity index (χ0) is 8.27. The molecule has 0 amide bonds. The molecule has 0 unspecified atom stereocenters. The van der Waals surface area contributed by atoms with Gasteiger partial charge in [-0.05, 0) is 0 Å². The topological polar surface area (TPSA) is 44.8 Å². The number of hydrogen-bond donors (Lipinski definition) is 0. The van der Waals surface area contributed by atoms with Crippen molar-refractivity contribution >= 4 is 5.97 Å². The van der Waals surface area contributed by atoms with Gasteiger partial charge in [0.25, 0.3) is 0 Å². The van der Waals surface area contributed by atoms with E-state index in [2.05, 4.69) is 0 Å². The molecule has 1 heterocycles. The molecule has 0 radical (unpaired) electrons. The van der Waals surface area contributed by atoms with Gasteiger partial charge in [0.15, 0.2) is 6.10 Å². The highest BCUT2D eigenvalue weighted by atomic mass is 16.6. The fraction of sp³-hybridized carbons (Fsp3) is 0.857. The zero-order valence-electron chi connectivity index (χ0n) is 6.70. The Morgan fingerprint density at radius 2 is 2.36 bits per heavy atom. The molecule has 0 aromatic rings. The summed E-state index contributed by atoms with van der Waals surface area (Å²) >= 11 is 0. The van der Waals surface area contributed by atoms with Crippen molar-refractivity contribution in [2.45, 2.75) is 18.6 Å². The van der Waals surface area contributed by atoms with E-state index in [4.69, 9.17) is 14.2 Å². The zero-order valence-corrected chi connectivity index (χ0v) is 6.70. The van der Waals surface area contributed by atoms with E-state index < -0.39 is 0 Å². The van der Waals surface area contributed by atoms with Crippen molar-refractivity contribution in [3.63, 3.8) is 0 Å². The minimum Gasteiger partial charge on any atom is -0.457 e. The fourth-order valence-electron chi connectivity index (χ4n) is 1.13. The third-order valence-corrected chi connectivity index (χ3v) is 1.70. The van der Waals surface area contributed by atoms with Crippen molar-refractivity contribution in [3.8, 4) is 0 Å². The van der Waals surface area contributed by atoms with Crippen molar-refractivity contribution < 1.29 is 19.0 Å². The molecular weight excluding hydrogens is 148 g/mol. The Hall–Kier alpha value is -0.610. The van der Waals surface area contributed by atoms with E-state index in [1.807, 2.05) is 0 Å². The third-order valence-electron chi connectivity index (χ3n) is 1.70. The molecule has 1 fully saturated rings. The average molecular weight is 160 g/mol. The first kappa shape index (κ1) is 8.49. The van der Waals surface area contributed by atoms with Crippen LogP contribution in [0.3, 0.4) is 0 Å². The third kappa shape index (κ3) is 1.91. The molecule has 1 saturated heterocycles. The van der Waals surface area contributed by atoms with Gasteiger partial charge in [-0.2, -0.15) is 0 Å². The Morgan fingerprint density at radius 3 is 2.91 bits per heavy atom. The van der Waals surface area contributed by atoms with E-state index in [-0.39, 0.29) is 18.2 Å². The lowest BCUT2D eigenvalue weighted by molar-refractivity contribution is -0.143. The van der Waals surface area contributed by atoms with Crippen molar-refractivity contribution in [1.82, 2.24) is 0 Å². The first-order chi connectivity index (χ1) is 5.27. The molecule has 4 nitrogen and oxygen atoms in total. The summed E-state index contributed by atoms with van der Waals surface area (Å²) in [5.74, 6) is -0.209. The van der Waals surface area contributed by atoms with Crippen LogP contribution in [0.4, 0.5) is 0 Å². The summed E-state index contributed by atoms with van der Waals surface area (Å²) in [4.78, 5) is 10.7. The molecule has 1 aliphatic heterocycles. The molecule has 0 aromatic heterocycles. The highest BCUT2D eigenvalue weighted by molar-refractivity contribution is 5.72. The highest BCUT2D eigenvalue weighted by Crippen LogP contribution is 2.17. The van der Waals surface area contributed by atoms with Gasteiger partial charge >= 0.3 is 5.97 Å². The quantitative estimate of drug-likeness (QED) is 0.543. The van der Waals surface area contributed by atoms with Gasteiger partial charge in [0.05, 0.1) is 13.0 Å². The first-order valence-corrected chi connectivity index (χ1v) is 3.49. The van der Waals surface area contributed by atoms with Crippen LogP contribution in [0.5, 0.6) is 0 Å². The molecule has 11 heavy (non-hydrogen) atoms. The van der Waals surface area contributed by atoms with Crippen LogP contribution >= 0.6 is 0 Å². The number of esters is 1. The van der Waals surface area contributed by atoms with Crippen LogP contribution in [-0.4, -0.2) is 39.0 Å². The van der Waals surface area contributed by atoms with E-state index in [0.717, 1.165) is 0 Å². The van der Waals surface area contributed by atoms with Gasteiger partial charge in [0, 0.05) is 14.2 Å². The van der Waals surface area contributed by atoms with Gasteiger partial charge in [-0.1, -0.05) is 0 Å². The molecule has 0 bridgehead atoms. The van der Waals surface area contributed by atoms with Crippen LogP contribution in [0, 0.1) is 0 Å². The van der Waals surface area contributed by atoms with Crippen molar-refractivity contribution in [2.24, 2.45) is 0 Å². The molecule has 0 aromatic carbocycles. The van der Waals surface area contributed by atoms with E-state index in [1.165, 1.54) is 0 Å². The van der Waals surface area contributed by atoms with Crippen molar-refractivity contribution in [1.29, 1.82) is 0 Å². The highest BCUT2D eigenvalue weighted by Gasteiger charge is 2.34. The first-order valence-electron chi connectivity index (χ1n) is 3.49. The largest absolute Gasteiger partial charge is 0.457 e. The number of ether oxygens (including phenoxy) is 3. The van der Waals surface area contributed by atoms with Gasteiger partial charge < -0.3 is 14.2 Å². The standard InChI is InChI=1S/C7H12O4/c1-9-4-6-5(10-2)3-7(8)11-6/h5-6H,3-4H2,1-2H3/t5-,6-/m0/s1. The van der Waals surface area contributed by atoms with Crippen LogP contribution in [0.25, 0.3) is 0 Å². The lowest BCUT2D eigenvalue weighted by atomic mass is 10.2. The molecule has 64 valence electrons. The van der Waals surface area contributed by atoms with Gasteiger partial charge in [-0.25, -0.2) is 0 Å². The number of cyclic esters (lactones) is 1. The Morgan fingerprint density at radius 1 is 1.64 bits per heavy atom. The number of hydrogen-bond acceptors (Lipinski definition) is 4. The molecule has 4 heteroatoms. The van der Waals surface area contributed by atoms with E-state index in [1.54, 1.807) is 14.2 Å². The monoisotopic (exact) mass is 160 g/mol. The molecular formula is C7H12O4. The van der Waals surface area contributed by atoms with E-state index in [0.29, 0.717) is 13.0 Å². The van der Waals surface area contributed by atoms with Crippen LogP contribution in [0.15, 0.2) is 0 Å². The molecule has 0 saturated carbocycles. The number of rotatable bonds is 3. The maximum absolute atomic E-state index is 10.7. The SMILES string of the molecule is COC[C@@H]1OC(=O)C[C@@H]1OC. The van der Waals surface area contributed by atoms with Crippen LogP contribution < -0.4 is 0 Å². The molecule has 0 N–H and O–H groups in total. The van der Waals surface area contributed by atoms with Gasteiger partial charge in [0.1, 0.15) is 6.10 Å². The summed E-state index contributed by atoms with van der Waals surface area (Å²) in [7, 11) is 3.13. The van der Waals surface area contributed by atoms with Gasteiger partial charge in [0.2, 0.25) is 0 Å². The smallest absolute Gasteiger partial charge is 0.309 e. The second kappa shape index (κ2) is 3.69. The number of carbonyl (C=O) groups excluding carboxylic acids is 1.